The molecule has 1 aromatic heterocycles. The molecule has 0 saturated heterocycles. The summed E-state index contributed by atoms with van der Waals surface area (Å²) in [7, 11) is 0. The minimum absolute atomic E-state index is 0.0956. The van der Waals surface area contributed by atoms with E-state index in [2.05, 4.69) is 15.2 Å². The minimum Gasteiger partial charge on any atom is -0.435 e. The number of anilines is 1. The topological polar surface area (TPSA) is 56.2 Å². The van der Waals surface area contributed by atoms with E-state index in [1.165, 1.54) is 30.5 Å². The molecule has 1 amide bonds. The van der Waals surface area contributed by atoms with Crippen LogP contribution >= 0.6 is 23.2 Å². The Bertz CT molecular complexity index is 943. The Labute approximate surface area is 163 Å². The second-order valence-corrected chi connectivity index (χ2v) is 6.30. The van der Waals surface area contributed by atoms with Crippen molar-refractivity contribution in [3.05, 3.63) is 76.0 Å². The van der Waals surface area contributed by atoms with Gasteiger partial charge in [0.1, 0.15) is 5.75 Å². The third-order valence-corrected chi connectivity index (χ3v) is 4.30. The highest BCUT2D eigenvalue weighted by atomic mass is 35.5. The molecule has 3 aromatic rings. The van der Waals surface area contributed by atoms with Crippen LogP contribution in [0.25, 0.3) is 0 Å². The number of halogens is 4. The Balaban J connectivity index is 1.70. The predicted octanol–water partition coefficient (Wildman–Crippen LogP) is 5.09. The number of benzene rings is 2. The third-order valence-electron chi connectivity index (χ3n) is 3.59. The fourth-order valence-electron chi connectivity index (χ4n) is 2.38. The van der Waals surface area contributed by atoms with Crippen LogP contribution in [0.1, 0.15) is 15.9 Å². The maximum Gasteiger partial charge on any atom is 0.387 e. The molecule has 0 bridgehead atoms. The Morgan fingerprint density at radius 2 is 1.89 bits per heavy atom. The number of hydrogen-bond acceptors (Lipinski definition) is 3. The molecule has 27 heavy (non-hydrogen) atoms. The van der Waals surface area contributed by atoms with Crippen LogP contribution in [0, 0.1) is 0 Å². The summed E-state index contributed by atoms with van der Waals surface area (Å²) in [6, 6.07) is 10.7. The molecular weight excluding hydrogens is 399 g/mol. The van der Waals surface area contributed by atoms with Gasteiger partial charge in [0.15, 0.2) is 0 Å². The van der Waals surface area contributed by atoms with Crippen LogP contribution in [0.15, 0.2) is 54.9 Å². The maximum absolute atomic E-state index is 12.3. The molecule has 1 N–H and O–H groups in total. The Morgan fingerprint density at radius 3 is 2.59 bits per heavy atom. The molecule has 0 atom stereocenters. The van der Waals surface area contributed by atoms with E-state index in [0.29, 0.717) is 27.8 Å². The normalized spacial score (nSPS) is 10.9. The summed E-state index contributed by atoms with van der Waals surface area (Å²) in [6.45, 7) is -2.63. The summed E-state index contributed by atoms with van der Waals surface area (Å²) in [5, 5.41) is 7.83. The Kier molecular flexibility index (Phi) is 5.93. The minimum atomic E-state index is -2.96. The molecule has 0 saturated carbocycles. The van der Waals surface area contributed by atoms with Crippen LogP contribution in [-0.2, 0) is 6.54 Å². The lowest BCUT2D eigenvalue weighted by Crippen LogP contribution is -2.12. The molecule has 0 aliphatic heterocycles. The van der Waals surface area contributed by atoms with Gasteiger partial charge in [0.25, 0.3) is 5.91 Å². The van der Waals surface area contributed by atoms with Crippen LogP contribution < -0.4 is 10.1 Å². The number of rotatable bonds is 6. The number of carbonyl (C=O) groups excluding carboxylic acids is 1. The van der Waals surface area contributed by atoms with Crippen LogP contribution in [0.2, 0.25) is 10.0 Å². The number of nitrogens with zero attached hydrogens (tertiary/aromatic N) is 2. The molecular formula is C18H13Cl2F2N3O2. The fourth-order valence-corrected chi connectivity index (χ4v) is 2.89. The molecule has 3 rings (SSSR count). The summed E-state index contributed by atoms with van der Waals surface area (Å²) in [5.41, 5.74) is 1.32. The standard InChI is InChI=1S/C18H13Cl2F2N3O2/c19-15-5-2-6-16(20)14(15)10-25-9-12(8-23-25)24-17(26)11-3-1-4-13(7-11)27-18(21)22/h1-9,18H,10H2,(H,24,26). The molecule has 0 radical (unpaired) electrons. The average molecular weight is 412 g/mol. The molecule has 0 spiro atoms. The molecule has 2 aromatic carbocycles. The first-order valence-electron chi connectivity index (χ1n) is 7.74. The number of alkyl halides is 2. The summed E-state index contributed by atoms with van der Waals surface area (Å²) < 4.78 is 30.4. The largest absolute Gasteiger partial charge is 0.435 e. The van der Waals surface area contributed by atoms with Gasteiger partial charge in [0, 0.05) is 27.4 Å². The van der Waals surface area contributed by atoms with Crippen molar-refractivity contribution >= 4 is 34.8 Å². The van der Waals surface area contributed by atoms with E-state index in [9.17, 15) is 13.6 Å². The highest BCUT2D eigenvalue weighted by molar-refractivity contribution is 6.35. The summed E-state index contributed by atoms with van der Waals surface area (Å²) in [5.74, 6) is -0.577. The highest BCUT2D eigenvalue weighted by Gasteiger charge is 2.12. The summed E-state index contributed by atoms with van der Waals surface area (Å²) in [4.78, 5) is 12.3. The van der Waals surface area contributed by atoms with Crippen LogP contribution in [-0.4, -0.2) is 22.3 Å². The average Bonchev–Trinajstić information content (AvgIpc) is 3.05. The quantitative estimate of drug-likeness (QED) is 0.614. The third kappa shape index (κ3) is 4.96. The first kappa shape index (κ1) is 19.1. The number of carbonyl (C=O) groups is 1. The van der Waals surface area contributed by atoms with E-state index in [0.717, 1.165) is 0 Å². The van der Waals surface area contributed by atoms with Gasteiger partial charge in [-0.1, -0.05) is 35.3 Å². The molecule has 0 unspecified atom stereocenters. The van der Waals surface area contributed by atoms with Crippen molar-refractivity contribution in [3.63, 3.8) is 0 Å². The van der Waals surface area contributed by atoms with Crippen molar-refractivity contribution < 1.29 is 18.3 Å². The monoisotopic (exact) mass is 411 g/mol. The van der Waals surface area contributed by atoms with E-state index in [4.69, 9.17) is 23.2 Å². The highest BCUT2D eigenvalue weighted by Crippen LogP contribution is 2.25. The SMILES string of the molecule is O=C(Nc1cnn(Cc2c(Cl)cccc2Cl)c1)c1cccc(OC(F)F)c1. The number of ether oxygens (including phenoxy) is 1. The van der Waals surface area contributed by atoms with Gasteiger partial charge in [-0.3, -0.25) is 9.48 Å². The zero-order valence-electron chi connectivity index (χ0n) is 13.7. The van der Waals surface area contributed by atoms with Crippen molar-refractivity contribution in [1.29, 1.82) is 0 Å². The van der Waals surface area contributed by atoms with Gasteiger partial charge in [-0.05, 0) is 30.3 Å². The summed E-state index contributed by atoms with van der Waals surface area (Å²) >= 11 is 12.3. The van der Waals surface area contributed by atoms with E-state index in [1.807, 2.05) is 0 Å². The smallest absolute Gasteiger partial charge is 0.387 e. The molecule has 140 valence electrons. The van der Waals surface area contributed by atoms with E-state index in [-0.39, 0.29) is 11.3 Å². The molecule has 9 heteroatoms. The maximum atomic E-state index is 12.3. The van der Waals surface area contributed by atoms with E-state index in [1.54, 1.807) is 29.1 Å². The van der Waals surface area contributed by atoms with Gasteiger partial charge in [0.05, 0.1) is 18.4 Å². The first-order valence-corrected chi connectivity index (χ1v) is 8.49. The number of aromatic nitrogens is 2. The lowest BCUT2D eigenvalue weighted by atomic mass is 10.2. The second kappa shape index (κ2) is 8.37. The van der Waals surface area contributed by atoms with Crippen molar-refractivity contribution in [3.8, 4) is 5.75 Å². The van der Waals surface area contributed by atoms with Gasteiger partial charge in [0.2, 0.25) is 0 Å². The van der Waals surface area contributed by atoms with Crippen molar-refractivity contribution in [1.82, 2.24) is 9.78 Å². The number of hydrogen-bond donors (Lipinski definition) is 1. The van der Waals surface area contributed by atoms with Crippen molar-refractivity contribution in [2.75, 3.05) is 5.32 Å². The Hall–Kier alpha value is -2.64. The van der Waals surface area contributed by atoms with Crippen molar-refractivity contribution in [2.24, 2.45) is 0 Å². The van der Waals surface area contributed by atoms with E-state index >= 15 is 0 Å². The first-order chi connectivity index (χ1) is 12.9. The van der Waals surface area contributed by atoms with Crippen LogP contribution in [0.5, 0.6) is 5.75 Å². The zero-order valence-corrected chi connectivity index (χ0v) is 15.2. The molecule has 1 heterocycles. The van der Waals surface area contributed by atoms with Crippen LogP contribution in [0.4, 0.5) is 14.5 Å². The van der Waals surface area contributed by atoms with Crippen molar-refractivity contribution in [2.45, 2.75) is 13.2 Å². The second-order valence-electron chi connectivity index (χ2n) is 5.49. The Morgan fingerprint density at radius 1 is 1.19 bits per heavy atom. The molecule has 0 aliphatic carbocycles. The fraction of sp³-hybridized carbons (Fsp3) is 0.111. The molecule has 5 nitrogen and oxygen atoms in total. The predicted molar refractivity (Wildman–Crippen MR) is 98.8 cm³/mol. The van der Waals surface area contributed by atoms with E-state index < -0.39 is 12.5 Å². The number of amides is 1. The number of nitrogens with one attached hydrogen (secondary N) is 1. The van der Waals surface area contributed by atoms with Gasteiger partial charge < -0.3 is 10.1 Å². The van der Waals surface area contributed by atoms with Gasteiger partial charge in [-0.25, -0.2) is 0 Å². The molecule has 0 fully saturated rings. The lowest BCUT2D eigenvalue weighted by Gasteiger charge is -2.07. The van der Waals surface area contributed by atoms with Crippen LogP contribution in [0.3, 0.4) is 0 Å². The van der Waals surface area contributed by atoms with Gasteiger partial charge >= 0.3 is 6.61 Å². The lowest BCUT2D eigenvalue weighted by molar-refractivity contribution is -0.0498. The molecule has 0 aliphatic rings. The zero-order chi connectivity index (χ0) is 19.4. The van der Waals surface area contributed by atoms with Gasteiger partial charge in [-0.2, -0.15) is 13.9 Å². The van der Waals surface area contributed by atoms with Gasteiger partial charge in [-0.15, -0.1) is 0 Å². The summed E-state index contributed by atoms with van der Waals surface area (Å²) in [6.07, 6.45) is 3.07.